The molecule has 0 bridgehead atoms. The lowest BCUT2D eigenvalue weighted by atomic mass is 10.1. The van der Waals surface area contributed by atoms with Crippen LogP contribution in [0.1, 0.15) is 41.4 Å². The van der Waals surface area contributed by atoms with Crippen LogP contribution in [0.3, 0.4) is 0 Å². The lowest BCUT2D eigenvalue weighted by Crippen LogP contribution is -2.24. The van der Waals surface area contributed by atoms with E-state index in [9.17, 15) is 0 Å². The first-order valence-corrected chi connectivity index (χ1v) is 10.5. The van der Waals surface area contributed by atoms with E-state index in [0.29, 0.717) is 6.04 Å². The number of thiazole rings is 1. The van der Waals surface area contributed by atoms with Crippen LogP contribution >= 0.6 is 11.3 Å². The summed E-state index contributed by atoms with van der Waals surface area (Å²) in [7, 11) is 1.75. The second kappa shape index (κ2) is 8.29. The molecule has 1 atom stereocenters. The van der Waals surface area contributed by atoms with Crippen molar-refractivity contribution in [2.45, 2.75) is 39.3 Å². The number of rotatable bonds is 6. The molecule has 2 aromatic heterocycles. The molecule has 1 aromatic carbocycles. The van der Waals surface area contributed by atoms with Gasteiger partial charge in [-0.05, 0) is 57.0 Å². The highest BCUT2D eigenvalue weighted by Crippen LogP contribution is 2.34. The van der Waals surface area contributed by atoms with Gasteiger partial charge in [0.2, 0.25) is 0 Å². The van der Waals surface area contributed by atoms with Crippen LogP contribution in [0.4, 0.5) is 10.9 Å². The Morgan fingerprint density at radius 2 is 2.11 bits per heavy atom. The zero-order valence-electron chi connectivity index (χ0n) is 16.6. The van der Waals surface area contributed by atoms with Gasteiger partial charge in [-0.3, -0.25) is 4.90 Å². The Kier molecular flexibility index (Phi) is 5.59. The highest BCUT2D eigenvalue weighted by molar-refractivity contribution is 7.13. The summed E-state index contributed by atoms with van der Waals surface area (Å²) in [5.74, 6) is 1.82. The summed E-state index contributed by atoms with van der Waals surface area (Å²) < 4.78 is 5.61. The van der Waals surface area contributed by atoms with Crippen LogP contribution < -0.4 is 10.1 Å². The molecule has 3 heterocycles. The van der Waals surface area contributed by atoms with Gasteiger partial charge in [0.15, 0.2) is 5.13 Å². The van der Waals surface area contributed by atoms with E-state index in [2.05, 4.69) is 52.5 Å². The Bertz CT molecular complexity index is 955. The number of aromatic nitrogens is 2. The second-order valence-electron chi connectivity index (χ2n) is 7.31. The van der Waals surface area contributed by atoms with Crippen molar-refractivity contribution in [2.75, 3.05) is 19.0 Å². The highest BCUT2D eigenvalue weighted by Gasteiger charge is 2.28. The molecule has 1 aliphatic heterocycles. The monoisotopic (exact) mass is 394 g/mol. The zero-order valence-corrected chi connectivity index (χ0v) is 17.4. The van der Waals surface area contributed by atoms with E-state index in [1.165, 1.54) is 17.5 Å². The van der Waals surface area contributed by atoms with Crippen molar-refractivity contribution in [3.8, 4) is 5.75 Å². The highest BCUT2D eigenvalue weighted by atomic mass is 32.1. The number of hydrogen-bond donors (Lipinski definition) is 1. The van der Waals surface area contributed by atoms with Crippen molar-refractivity contribution in [2.24, 2.45) is 0 Å². The van der Waals surface area contributed by atoms with Crippen LogP contribution in [0, 0.1) is 13.8 Å². The SMILES string of the molecule is COc1cc(C)ccc1CN1CCCC1c1cccc(Nc2nc(C)cs2)n1. The molecular weight excluding hydrogens is 368 g/mol. The molecule has 1 fully saturated rings. The number of benzene rings is 1. The third-order valence-electron chi connectivity index (χ3n) is 5.15. The smallest absolute Gasteiger partial charge is 0.188 e. The van der Waals surface area contributed by atoms with Gasteiger partial charge in [-0.25, -0.2) is 9.97 Å². The van der Waals surface area contributed by atoms with Crippen LogP contribution in [0.15, 0.2) is 41.8 Å². The zero-order chi connectivity index (χ0) is 19.5. The number of anilines is 2. The molecule has 28 heavy (non-hydrogen) atoms. The minimum absolute atomic E-state index is 0.325. The molecule has 0 aliphatic carbocycles. The van der Waals surface area contributed by atoms with Crippen LogP contribution in [0.2, 0.25) is 0 Å². The molecule has 1 N–H and O–H groups in total. The minimum Gasteiger partial charge on any atom is -0.496 e. The number of methoxy groups -OCH3 is 1. The molecule has 0 saturated carbocycles. The van der Waals surface area contributed by atoms with E-state index >= 15 is 0 Å². The molecule has 3 aromatic rings. The average molecular weight is 395 g/mol. The minimum atomic E-state index is 0.325. The Morgan fingerprint density at radius 1 is 1.21 bits per heavy atom. The van der Waals surface area contributed by atoms with E-state index in [1.54, 1.807) is 18.4 Å². The molecule has 1 saturated heterocycles. The summed E-state index contributed by atoms with van der Waals surface area (Å²) >= 11 is 1.60. The first-order chi connectivity index (χ1) is 13.6. The summed E-state index contributed by atoms with van der Waals surface area (Å²) in [6.45, 7) is 6.05. The summed E-state index contributed by atoms with van der Waals surface area (Å²) in [6, 6.07) is 13.0. The second-order valence-corrected chi connectivity index (χ2v) is 8.17. The van der Waals surface area contributed by atoms with Crippen molar-refractivity contribution >= 4 is 22.3 Å². The summed E-state index contributed by atoms with van der Waals surface area (Å²) in [5, 5.41) is 6.26. The predicted octanol–water partition coefficient (Wildman–Crippen LogP) is 5.24. The number of nitrogens with one attached hydrogen (secondary N) is 1. The Balaban J connectivity index is 1.53. The van der Waals surface area contributed by atoms with Crippen LogP contribution in [0.25, 0.3) is 0 Å². The molecule has 4 rings (SSSR count). The normalized spacial score (nSPS) is 17.0. The van der Waals surface area contributed by atoms with Crippen LogP contribution in [0.5, 0.6) is 5.75 Å². The van der Waals surface area contributed by atoms with Crippen molar-refractivity contribution in [3.05, 3.63) is 64.3 Å². The van der Waals surface area contributed by atoms with Crippen LogP contribution in [-0.4, -0.2) is 28.5 Å². The summed E-state index contributed by atoms with van der Waals surface area (Å²) in [5.41, 5.74) is 4.59. The van der Waals surface area contributed by atoms with Gasteiger partial charge in [-0.2, -0.15) is 0 Å². The lowest BCUT2D eigenvalue weighted by Gasteiger charge is -2.25. The quantitative estimate of drug-likeness (QED) is 0.619. The third-order valence-corrected chi connectivity index (χ3v) is 6.02. The number of nitrogens with zero attached hydrogens (tertiary/aromatic N) is 3. The number of pyridine rings is 1. The molecule has 146 valence electrons. The van der Waals surface area contributed by atoms with Crippen molar-refractivity contribution in [3.63, 3.8) is 0 Å². The first kappa shape index (κ1) is 18.9. The maximum Gasteiger partial charge on any atom is 0.188 e. The van der Waals surface area contributed by atoms with Gasteiger partial charge in [0.1, 0.15) is 11.6 Å². The summed E-state index contributed by atoms with van der Waals surface area (Å²) in [4.78, 5) is 11.9. The Hall–Kier alpha value is -2.44. The van der Waals surface area contributed by atoms with E-state index in [-0.39, 0.29) is 0 Å². The Labute approximate surface area is 170 Å². The molecule has 0 amide bonds. The number of likely N-dealkylation sites (tertiary alicyclic amines) is 1. The molecule has 1 aliphatic rings. The largest absolute Gasteiger partial charge is 0.496 e. The standard InChI is InChI=1S/C22H26N4OS/c1-15-9-10-17(20(12-15)27-3)13-26-11-5-7-19(26)18-6-4-8-21(24-18)25-22-23-16(2)14-28-22/h4,6,8-10,12,14,19H,5,7,11,13H2,1-3H3,(H,23,24,25). The van der Waals surface area contributed by atoms with Gasteiger partial charge < -0.3 is 10.1 Å². The molecule has 1 unspecified atom stereocenters. The number of aryl methyl sites for hydroxylation is 2. The molecule has 5 nitrogen and oxygen atoms in total. The Morgan fingerprint density at radius 3 is 2.89 bits per heavy atom. The van der Waals surface area contributed by atoms with E-state index in [4.69, 9.17) is 9.72 Å². The lowest BCUT2D eigenvalue weighted by molar-refractivity contribution is 0.240. The average Bonchev–Trinajstić information content (AvgIpc) is 3.32. The molecule has 0 radical (unpaired) electrons. The van der Waals surface area contributed by atoms with Gasteiger partial charge in [-0.15, -0.1) is 11.3 Å². The maximum absolute atomic E-state index is 5.61. The number of ether oxygens (including phenoxy) is 1. The fourth-order valence-corrected chi connectivity index (χ4v) is 4.47. The van der Waals surface area contributed by atoms with Crippen LogP contribution in [-0.2, 0) is 6.54 Å². The maximum atomic E-state index is 5.61. The van der Waals surface area contributed by atoms with Crippen molar-refractivity contribution in [1.82, 2.24) is 14.9 Å². The van der Waals surface area contributed by atoms with Gasteiger partial charge in [-0.1, -0.05) is 18.2 Å². The van der Waals surface area contributed by atoms with Gasteiger partial charge in [0, 0.05) is 17.5 Å². The van der Waals surface area contributed by atoms with Gasteiger partial charge >= 0.3 is 0 Å². The first-order valence-electron chi connectivity index (χ1n) is 9.66. The van der Waals surface area contributed by atoms with Crippen molar-refractivity contribution in [1.29, 1.82) is 0 Å². The number of hydrogen-bond acceptors (Lipinski definition) is 6. The predicted molar refractivity (Wildman–Crippen MR) is 114 cm³/mol. The van der Waals surface area contributed by atoms with Gasteiger partial charge in [0.25, 0.3) is 0 Å². The van der Waals surface area contributed by atoms with Crippen molar-refractivity contribution < 1.29 is 4.74 Å². The molecule has 6 heteroatoms. The molecular formula is C22H26N4OS. The topological polar surface area (TPSA) is 50.3 Å². The van der Waals surface area contributed by atoms with E-state index in [1.807, 2.05) is 18.4 Å². The fraction of sp³-hybridized carbons (Fsp3) is 0.364. The van der Waals surface area contributed by atoms with E-state index in [0.717, 1.165) is 47.6 Å². The van der Waals surface area contributed by atoms with E-state index < -0.39 is 0 Å². The third kappa shape index (κ3) is 4.18. The summed E-state index contributed by atoms with van der Waals surface area (Å²) in [6.07, 6.45) is 2.31. The molecule has 0 spiro atoms. The van der Waals surface area contributed by atoms with Gasteiger partial charge in [0.05, 0.1) is 24.5 Å². The fourth-order valence-electron chi connectivity index (χ4n) is 3.78.